The summed E-state index contributed by atoms with van der Waals surface area (Å²) in [5.41, 5.74) is 0.734. The number of nitrogens with zero attached hydrogens (tertiary/aromatic N) is 1. The second-order valence-electron chi connectivity index (χ2n) is 5.47. The van der Waals surface area contributed by atoms with E-state index in [1.165, 1.54) is 25.8 Å². The number of rotatable bonds is 6. The number of hydrogen-bond donors (Lipinski definition) is 0. The van der Waals surface area contributed by atoms with Crippen LogP contribution in [0.1, 0.15) is 22.8 Å². The third-order valence-corrected chi connectivity index (χ3v) is 5.55. The number of carbonyl (C=O) groups excluding carboxylic acids is 1. The number of carbonyl (C=O) groups is 1. The van der Waals surface area contributed by atoms with E-state index in [9.17, 15) is 13.2 Å². The molecule has 0 N–H and O–H groups in total. The van der Waals surface area contributed by atoms with E-state index in [1.54, 1.807) is 31.2 Å². The van der Waals surface area contributed by atoms with E-state index in [1.807, 2.05) is 0 Å². The molecule has 0 aliphatic rings. The molecule has 0 amide bonds. The molecule has 136 valence electrons. The van der Waals surface area contributed by atoms with E-state index in [0.29, 0.717) is 22.2 Å². The van der Waals surface area contributed by atoms with Gasteiger partial charge in [0.1, 0.15) is 11.3 Å². The van der Waals surface area contributed by atoms with E-state index in [0.717, 1.165) is 0 Å². The number of aromatic nitrogens is 1. The van der Waals surface area contributed by atoms with Crippen LogP contribution in [0.5, 0.6) is 5.75 Å². The van der Waals surface area contributed by atoms with Gasteiger partial charge in [0.15, 0.2) is 9.84 Å². The molecule has 0 unspecified atom stereocenters. The fourth-order valence-electron chi connectivity index (χ4n) is 2.69. The van der Waals surface area contributed by atoms with Crippen molar-refractivity contribution in [1.82, 2.24) is 4.98 Å². The van der Waals surface area contributed by atoms with Crippen molar-refractivity contribution < 1.29 is 27.1 Å². The molecule has 1 aromatic carbocycles. The highest BCUT2D eigenvalue weighted by molar-refractivity contribution is 7.91. The Morgan fingerprint density at radius 3 is 2.73 bits per heavy atom. The van der Waals surface area contributed by atoms with Gasteiger partial charge < -0.3 is 13.9 Å². The third kappa shape index (κ3) is 3.28. The summed E-state index contributed by atoms with van der Waals surface area (Å²) in [6.45, 7) is 1.77. The summed E-state index contributed by atoms with van der Waals surface area (Å²) < 4.78 is 41.5. The maximum atomic E-state index is 13.1. The molecule has 26 heavy (non-hydrogen) atoms. The zero-order valence-electron chi connectivity index (χ0n) is 14.3. The van der Waals surface area contributed by atoms with Crippen LogP contribution < -0.4 is 4.74 Å². The lowest BCUT2D eigenvalue weighted by Gasteiger charge is -2.13. The molecule has 2 aromatic heterocycles. The van der Waals surface area contributed by atoms with Crippen LogP contribution in [0.25, 0.3) is 10.9 Å². The molecule has 0 saturated carbocycles. The van der Waals surface area contributed by atoms with Crippen molar-refractivity contribution in [2.75, 3.05) is 13.7 Å². The van der Waals surface area contributed by atoms with Gasteiger partial charge in [0.2, 0.25) is 0 Å². The highest BCUT2D eigenvalue weighted by atomic mass is 32.2. The Bertz CT molecular complexity index is 1040. The molecular formula is C18H17NO6S. The van der Waals surface area contributed by atoms with Crippen molar-refractivity contribution in [3.63, 3.8) is 0 Å². The summed E-state index contributed by atoms with van der Waals surface area (Å²) in [4.78, 5) is 16.4. The summed E-state index contributed by atoms with van der Waals surface area (Å²) in [6.07, 6.45) is 3.96. The first-order chi connectivity index (χ1) is 12.5. The van der Waals surface area contributed by atoms with Crippen molar-refractivity contribution in [1.29, 1.82) is 0 Å². The topological polar surface area (TPSA) is 95.7 Å². The summed E-state index contributed by atoms with van der Waals surface area (Å²) in [6, 6.07) is 6.47. The standard InChI is InChI=1S/C18H17NO6S/c1-3-25-18(20)14-9-19-16-13(5-4-6-15(16)23-2)17(14)26(21,22)11-12-7-8-24-10-12/h4-10H,3,11H2,1-2H3. The fourth-order valence-corrected chi connectivity index (χ4v) is 4.41. The lowest BCUT2D eigenvalue weighted by atomic mass is 10.1. The highest BCUT2D eigenvalue weighted by Gasteiger charge is 2.28. The number of furan rings is 1. The second kappa shape index (κ2) is 7.17. The maximum Gasteiger partial charge on any atom is 0.341 e. The smallest absolute Gasteiger partial charge is 0.341 e. The van der Waals surface area contributed by atoms with Gasteiger partial charge in [-0.25, -0.2) is 13.2 Å². The number of hydrogen-bond acceptors (Lipinski definition) is 7. The van der Waals surface area contributed by atoms with Gasteiger partial charge in [0, 0.05) is 17.1 Å². The van der Waals surface area contributed by atoms with Crippen LogP contribution in [0, 0.1) is 0 Å². The van der Waals surface area contributed by atoms with Gasteiger partial charge >= 0.3 is 5.97 Å². The van der Waals surface area contributed by atoms with Crippen molar-refractivity contribution in [3.05, 3.63) is 54.1 Å². The lowest BCUT2D eigenvalue weighted by Crippen LogP contribution is -2.15. The van der Waals surface area contributed by atoms with E-state index in [2.05, 4.69) is 4.98 Å². The first-order valence-corrected chi connectivity index (χ1v) is 9.49. The number of para-hydroxylation sites is 1. The highest BCUT2D eigenvalue weighted by Crippen LogP contribution is 2.33. The Morgan fingerprint density at radius 2 is 2.08 bits per heavy atom. The first-order valence-electron chi connectivity index (χ1n) is 7.84. The molecule has 0 fully saturated rings. The molecule has 0 saturated heterocycles. The van der Waals surface area contributed by atoms with Gasteiger partial charge in [-0.1, -0.05) is 12.1 Å². The molecule has 2 heterocycles. The monoisotopic (exact) mass is 375 g/mol. The first kappa shape index (κ1) is 17.9. The molecule has 7 nitrogen and oxygen atoms in total. The minimum Gasteiger partial charge on any atom is -0.494 e. The Balaban J connectivity index is 2.28. The lowest BCUT2D eigenvalue weighted by molar-refractivity contribution is 0.0521. The van der Waals surface area contributed by atoms with E-state index in [-0.39, 0.29) is 22.8 Å². The van der Waals surface area contributed by atoms with Crippen LogP contribution in [-0.4, -0.2) is 33.1 Å². The molecule has 0 spiro atoms. The van der Waals surface area contributed by atoms with E-state index in [4.69, 9.17) is 13.9 Å². The Kier molecular flexibility index (Phi) is 4.94. The molecule has 0 bridgehead atoms. The van der Waals surface area contributed by atoms with Gasteiger partial charge in [0.05, 0.1) is 42.5 Å². The third-order valence-electron chi connectivity index (χ3n) is 3.77. The number of esters is 1. The number of pyridine rings is 1. The van der Waals surface area contributed by atoms with Crippen LogP contribution in [0.15, 0.2) is 52.3 Å². The van der Waals surface area contributed by atoms with Gasteiger partial charge in [-0.2, -0.15) is 0 Å². The molecule has 8 heteroatoms. The van der Waals surface area contributed by atoms with Gasteiger partial charge in [0.25, 0.3) is 0 Å². The summed E-state index contributed by atoms with van der Waals surface area (Å²) >= 11 is 0. The van der Waals surface area contributed by atoms with Crippen LogP contribution in [0.4, 0.5) is 0 Å². The molecule has 0 radical (unpaired) electrons. The zero-order valence-corrected chi connectivity index (χ0v) is 15.1. The molecule has 0 aliphatic carbocycles. The molecule has 0 aliphatic heterocycles. The minimum atomic E-state index is -3.89. The predicted molar refractivity (Wildman–Crippen MR) is 93.8 cm³/mol. The van der Waals surface area contributed by atoms with Gasteiger partial charge in [-0.3, -0.25) is 4.98 Å². The Morgan fingerprint density at radius 1 is 1.27 bits per heavy atom. The Hall–Kier alpha value is -2.87. The molecule has 3 rings (SSSR count). The van der Waals surface area contributed by atoms with Crippen molar-refractivity contribution in [2.24, 2.45) is 0 Å². The normalized spacial score (nSPS) is 11.5. The van der Waals surface area contributed by atoms with Crippen LogP contribution in [0.2, 0.25) is 0 Å². The van der Waals surface area contributed by atoms with Crippen LogP contribution in [-0.2, 0) is 20.3 Å². The molecule has 0 atom stereocenters. The minimum absolute atomic E-state index is 0.101. The number of benzene rings is 1. The number of sulfone groups is 1. The maximum absolute atomic E-state index is 13.1. The van der Waals surface area contributed by atoms with Gasteiger partial charge in [-0.15, -0.1) is 0 Å². The SMILES string of the molecule is CCOC(=O)c1cnc2c(OC)cccc2c1S(=O)(=O)Cc1ccoc1. The molecule has 3 aromatic rings. The average molecular weight is 375 g/mol. The van der Waals surface area contributed by atoms with Crippen LogP contribution in [0.3, 0.4) is 0 Å². The summed E-state index contributed by atoms with van der Waals surface area (Å²) in [7, 11) is -2.42. The Labute approximate surface area is 150 Å². The largest absolute Gasteiger partial charge is 0.494 e. The molecular weight excluding hydrogens is 358 g/mol. The average Bonchev–Trinajstić information content (AvgIpc) is 3.12. The van der Waals surface area contributed by atoms with Crippen molar-refractivity contribution >= 4 is 26.7 Å². The fraction of sp³-hybridized carbons (Fsp3) is 0.222. The van der Waals surface area contributed by atoms with E-state index < -0.39 is 15.8 Å². The number of methoxy groups -OCH3 is 1. The van der Waals surface area contributed by atoms with Crippen molar-refractivity contribution in [2.45, 2.75) is 17.6 Å². The summed E-state index contributed by atoms with van der Waals surface area (Å²) in [5, 5.41) is 0.304. The van der Waals surface area contributed by atoms with Crippen molar-refractivity contribution in [3.8, 4) is 5.75 Å². The van der Waals surface area contributed by atoms with E-state index >= 15 is 0 Å². The second-order valence-corrected chi connectivity index (χ2v) is 7.40. The quantitative estimate of drug-likeness (QED) is 0.611. The number of fused-ring (bicyclic) bond motifs is 1. The number of ether oxygens (including phenoxy) is 2. The zero-order chi connectivity index (χ0) is 18.7. The summed E-state index contributed by atoms with van der Waals surface area (Å²) in [5.74, 6) is -0.639. The van der Waals surface area contributed by atoms with Crippen LogP contribution >= 0.6 is 0 Å². The predicted octanol–water partition coefficient (Wildman–Crippen LogP) is 2.99. The van der Waals surface area contributed by atoms with Gasteiger partial charge in [-0.05, 0) is 19.1 Å².